The predicted molar refractivity (Wildman–Crippen MR) is 151 cm³/mol. The van der Waals surface area contributed by atoms with Crippen LogP contribution in [-0.2, 0) is 23.0 Å². The molecule has 4 rings (SSSR count). The molecule has 0 unspecified atom stereocenters. The molecule has 0 fully saturated rings. The fourth-order valence-electron chi connectivity index (χ4n) is 4.63. The zero-order valence-corrected chi connectivity index (χ0v) is 23.6. The normalized spacial score (nSPS) is 13.9. The summed E-state index contributed by atoms with van der Waals surface area (Å²) in [5, 5.41) is 2.94. The Labute approximate surface area is 232 Å². The molecule has 11 heteroatoms. The van der Waals surface area contributed by atoms with E-state index in [1.807, 2.05) is 42.9 Å². The molecule has 40 heavy (non-hydrogen) atoms. The number of fused-ring (bicyclic) bond motifs is 1. The Hall–Kier alpha value is -3.85. The van der Waals surface area contributed by atoms with Gasteiger partial charge >= 0.3 is 7.60 Å². The summed E-state index contributed by atoms with van der Waals surface area (Å²) in [7, 11) is 0.576. The molecule has 0 spiro atoms. The third-order valence-corrected chi connectivity index (χ3v) is 7.50. The first-order chi connectivity index (χ1) is 19.0. The summed E-state index contributed by atoms with van der Waals surface area (Å²) in [5.74, 6) is 0.284. The lowest BCUT2D eigenvalue weighted by molar-refractivity contribution is -0.120. The van der Waals surface area contributed by atoms with Crippen molar-refractivity contribution in [2.45, 2.75) is 19.9 Å². The zero-order valence-electron chi connectivity index (χ0n) is 22.7. The van der Waals surface area contributed by atoms with Gasteiger partial charge in [-0.1, -0.05) is 6.07 Å². The Balaban J connectivity index is 1.66. The quantitative estimate of drug-likeness (QED) is 0.284. The number of benzene rings is 2. The van der Waals surface area contributed by atoms with Gasteiger partial charge in [0.1, 0.15) is 5.82 Å². The van der Waals surface area contributed by atoms with Crippen molar-refractivity contribution < 1.29 is 37.7 Å². The number of rotatable bonds is 11. The number of hydrogen-bond donors (Lipinski definition) is 3. The number of allylic oxidation sites excluding steroid dienone is 2. The molecule has 0 saturated heterocycles. The Morgan fingerprint density at radius 1 is 1.10 bits per heavy atom. The van der Waals surface area contributed by atoms with E-state index < -0.39 is 19.6 Å². The number of aryl methyl sites for hydroxylation is 1. The number of hydrogen-bond acceptors (Lipinski definition) is 5. The van der Waals surface area contributed by atoms with Crippen LogP contribution in [0, 0.1) is 5.82 Å². The van der Waals surface area contributed by atoms with E-state index in [1.165, 1.54) is 26.4 Å². The second kappa shape index (κ2) is 12.1. The smallest absolute Gasteiger partial charge is 0.328 e. The van der Waals surface area contributed by atoms with Gasteiger partial charge in [0.05, 0.1) is 40.0 Å². The van der Waals surface area contributed by atoms with Gasteiger partial charge < -0.3 is 33.9 Å². The summed E-state index contributed by atoms with van der Waals surface area (Å²) in [6.45, 7) is 2.06. The van der Waals surface area contributed by atoms with Crippen molar-refractivity contribution in [1.82, 2.24) is 9.88 Å². The van der Waals surface area contributed by atoms with Crippen LogP contribution in [0.2, 0.25) is 0 Å². The predicted octanol–water partition coefficient (Wildman–Crippen LogP) is 4.77. The summed E-state index contributed by atoms with van der Waals surface area (Å²) in [5.41, 5.74) is 5.51. The number of halogens is 1. The van der Waals surface area contributed by atoms with Gasteiger partial charge in [-0.2, -0.15) is 0 Å². The first-order valence-corrected chi connectivity index (χ1v) is 14.3. The first kappa shape index (κ1) is 29.1. The van der Waals surface area contributed by atoms with Crippen LogP contribution in [0.1, 0.15) is 35.7 Å². The highest BCUT2D eigenvalue weighted by molar-refractivity contribution is 7.51. The molecule has 1 aliphatic carbocycles. The second-order valence-corrected chi connectivity index (χ2v) is 11.2. The second-order valence-electron chi connectivity index (χ2n) is 9.41. The number of methoxy groups -OCH3 is 2. The van der Waals surface area contributed by atoms with E-state index in [2.05, 4.69) is 5.32 Å². The summed E-state index contributed by atoms with van der Waals surface area (Å²) in [6, 6.07) is 11.8. The summed E-state index contributed by atoms with van der Waals surface area (Å²) in [6.07, 6.45) is 3.44. The molecule has 1 aromatic heterocycles. The van der Waals surface area contributed by atoms with Gasteiger partial charge in [-0.15, -0.1) is 0 Å². The number of nitrogens with zero attached hydrogens (tertiary/aromatic N) is 1. The monoisotopic (exact) mass is 570 g/mol. The molecule has 3 N–H and O–H groups in total. The molecule has 1 heterocycles. The van der Waals surface area contributed by atoms with Crippen molar-refractivity contribution in [3.8, 4) is 17.2 Å². The van der Waals surface area contributed by atoms with E-state index in [-0.39, 0.29) is 24.7 Å². The Morgan fingerprint density at radius 2 is 1.80 bits per heavy atom. The van der Waals surface area contributed by atoms with E-state index in [1.54, 1.807) is 18.2 Å². The van der Waals surface area contributed by atoms with E-state index >= 15 is 0 Å². The maximum atomic E-state index is 14.3. The number of carbonyl (C=O) groups excluding carboxylic acids is 1. The minimum Gasteiger partial charge on any atom is -0.493 e. The molecular weight excluding hydrogens is 538 g/mol. The minimum absolute atomic E-state index is 0.0863. The van der Waals surface area contributed by atoms with Crippen LogP contribution in [0.15, 0.2) is 54.2 Å². The fraction of sp³-hybridized carbons (Fsp3) is 0.276. The molecule has 0 aliphatic heterocycles. The van der Waals surface area contributed by atoms with Gasteiger partial charge in [-0.3, -0.25) is 9.36 Å². The van der Waals surface area contributed by atoms with Crippen molar-refractivity contribution in [1.29, 1.82) is 0 Å². The van der Waals surface area contributed by atoms with Crippen LogP contribution in [-0.4, -0.2) is 47.2 Å². The highest BCUT2D eigenvalue weighted by atomic mass is 31.2. The fourth-order valence-corrected chi connectivity index (χ4v) is 4.96. The maximum absolute atomic E-state index is 14.3. The van der Waals surface area contributed by atoms with Crippen LogP contribution < -0.4 is 19.5 Å². The van der Waals surface area contributed by atoms with E-state index in [0.717, 1.165) is 28.0 Å². The molecule has 3 aromatic rings. The van der Waals surface area contributed by atoms with Crippen molar-refractivity contribution in [3.63, 3.8) is 0 Å². The number of nitrogens with one attached hydrogen (secondary N) is 1. The summed E-state index contributed by atoms with van der Waals surface area (Å²) >= 11 is 0. The van der Waals surface area contributed by atoms with Crippen LogP contribution in [0.4, 0.5) is 4.39 Å². The average Bonchev–Trinajstić information content (AvgIpc) is 3.42. The average molecular weight is 571 g/mol. The summed E-state index contributed by atoms with van der Waals surface area (Å²) in [4.78, 5) is 31.2. The van der Waals surface area contributed by atoms with Gasteiger partial charge in [-0.05, 0) is 82.8 Å². The van der Waals surface area contributed by atoms with Gasteiger partial charge in [0.25, 0.3) is 0 Å². The number of aromatic nitrogens is 1. The van der Waals surface area contributed by atoms with Crippen molar-refractivity contribution in [2.75, 3.05) is 27.0 Å². The lowest BCUT2D eigenvalue weighted by Crippen LogP contribution is -2.23. The number of ether oxygens (including phenoxy) is 3. The van der Waals surface area contributed by atoms with Crippen LogP contribution in [0.25, 0.3) is 17.2 Å². The largest absolute Gasteiger partial charge is 0.493 e. The molecule has 2 aromatic carbocycles. The minimum atomic E-state index is -4.23. The van der Waals surface area contributed by atoms with Gasteiger partial charge in [0, 0.05) is 18.9 Å². The van der Waals surface area contributed by atoms with Crippen molar-refractivity contribution in [3.05, 3.63) is 82.4 Å². The van der Waals surface area contributed by atoms with Crippen molar-refractivity contribution >= 4 is 30.7 Å². The Morgan fingerprint density at radius 3 is 2.40 bits per heavy atom. The standard InChI is InChI=1S/C29H32FN2O7P/c1-18-23(12-19-13-26(37-3)29(27(14-19)38-4)39-10-11-40(34,35)36)22-8-7-20(30)15-25(22)24(18)16-28(33)31-17-21-6-5-9-32(21)2/h5-9,12-15H,10-11,16-17H2,1-4H3,(H,31,33)(H2,34,35,36)/b23-12-. The zero-order chi connectivity index (χ0) is 29.0. The van der Waals surface area contributed by atoms with Gasteiger partial charge in [0.15, 0.2) is 11.5 Å². The molecule has 1 aliphatic rings. The topological polar surface area (TPSA) is 119 Å². The third kappa shape index (κ3) is 6.65. The highest BCUT2D eigenvalue weighted by Gasteiger charge is 2.26. The van der Waals surface area contributed by atoms with Crippen LogP contribution in [0.5, 0.6) is 17.2 Å². The Kier molecular flexibility index (Phi) is 8.83. The molecule has 212 valence electrons. The molecule has 0 radical (unpaired) electrons. The lowest BCUT2D eigenvalue weighted by atomic mass is 10.00. The Bertz CT molecular complexity index is 1510. The summed E-state index contributed by atoms with van der Waals surface area (Å²) < 4.78 is 44.0. The molecule has 9 nitrogen and oxygen atoms in total. The van der Waals surface area contributed by atoms with Gasteiger partial charge in [0.2, 0.25) is 11.7 Å². The van der Waals surface area contributed by atoms with E-state index in [0.29, 0.717) is 29.2 Å². The van der Waals surface area contributed by atoms with Gasteiger partial charge in [-0.25, -0.2) is 4.39 Å². The maximum Gasteiger partial charge on any atom is 0.328 e. The number of amides is 1. The molecule has 0 bridgehead atoms. The first-order valence-electron chi connectivity index (χ1n) is 12.5. The van der Waals surface area contributed by atoms with E-state index in [4.69, 9.17) is 24.0 Å². The third-order valence-electron chi connectivity index (χ3n) is 6.73. The number of carbonyl (C=O) groups is 1. The SMILES string of the molecule is COc1cc(/C=C2/C(C)=C(CC(=O)NCc3cccn3C)c3cc(F)ccc32)cc(OC)c1OCCP(=O)(O)O. The van der Waals surface area contributed by atoms with E-state index in [9.17, 15) is 13.8 Å². The molecule has 0 saturated carbocycles. The molecule has 1 amide bonds. The highest BCUT2D eigenvalue weighted by Crippen LogP contribution is 2.46. The van der Waals surface area contributed by atoms with Crippen LogP contribution >= 0.6 is 7.60 Å². The van der Waals surface area contributed by atoms with Crippen molar-refractivity contribution in [2.24, 2.45) is 7.05 Å². The molecular formula is C29H32FN2O7P. The van der Waals surface area contributed by atoms with Crippen LogP contribution in [0.3, 0.4) is 0 Å². The lowest BCUT2D eigenvalue weighted by Gasteiger charge is -2.16. The molecule has 0 atom stereocenters.